The van der Waals surface area contributed by atoms with Gasteiger partial charge in [0.1, 0.15) is 0 Å². The Balaban J connectivity index is 2.76. The third-order valence-electron chi connectivity index (χ3n) is 2.81. The number of sulfonamides is 1. The van der Waals surface area contributed by atoms with Crippen LogP contribution in [0.2, 0.25) is 0 Å². The first kappa shape index (κ1) is 17.6. The summed E-state index contributed by atoms with van der Waals surface area (Å²) >= 11 is 0. The lowest BCUT2D eigenvalue weighted by molar-refractivity contribution is -0.136. The van der Waals surface area contributed by atoms with Crippen LogP contribution in [-0.4, -0.2) is 38.2 Å². The number of carboxylic acid groups (broad SMARTS) is 1. The van der Waals surface area contributed by atoms with Gasteiger partial charge in [0.25, 0.3) is 0 Å². The van der Waals surface area contributed by atoms with E-state index in [-0.39, 0.29) is 17.9 Å². The SMILES string of the molecule is CCOC(C)(C)CNS(=O)(=O)c1ccc(CC(=O)O)cc1. The van der Waals surface area contributed by atoms with Crippen molar-refractivity contribution in [1.29, 1.82) is 0 Å². The zero-order valence-corrected chi connectivity index (χ0v) is 13.2. The second kappa shape index (κ2) is 7.02. The summed E-state index contributed by atoms with van der Waals surface area (Å²) in [6, 6.07) is 5.79. The van der Waals surface area contributed by atoms with Crippen molar-refractivity contribution in [2.45, 2.75) is 37.7 Å². The molecular formula is C14H21NO5S. The largest absolute Gasteiger partial charge is 0.481 e. The predicted octanol–water partition coefficient (Wildman–Crippen LogP) is 1.41. The van der Waals surface area contributed by atoms with Gasteiger partial charge in [-0.3, -0.25) is 4.79 Å². The van der Waals surface area contributed by atoms with Crippen LogP contribution in [0, 0.1) is 0 Å². The summed E-state index contributed by atoms with van der Waals surface area (Å²) in [4.78, 5) is 10.7. The van der Waals surface area contributed by atoms with Gasteiger partial charge < -0.3 is 9.84 Å². The quantitative estimate of drug-likeness (QED) is 0.756. The Morgan fingerprint density at radius 3 is 2.33 bits per heavy atom. The van der Waals surface area contributed by atoms with Crippen LogP contribution < -0.4 is 4.72 Å². The van der Waals surface area contributed by atoms with E-state index in [2.05, 4.69) is 4.72 Å². The molecule has 0 aliphatic carbocycles. The Bertz CT molecular complexity index is 578. The van der Waals surface area contributed by atoms with Crippen molar-refractivity contribution in [2.24, 2.45) is 0 Å². The smallest absolute Gasteiger partial charge is 0.307 e. The van der Waals surface area contributed by atoms with Crippen molar-refractivity contribution in [1.82, 2.24) is 4.72 Å². The van der Waals surface area contributed by atoms with E-state index in [1.54, 1.807) is 13.8 Å². The van der Waals surface area contributed by atoms with E-state index in [0.29, 0.717) is 12.2 Å². The van der Waals surface area contributed by atoms with Crippen LogP contribution in [0.5, 0.6) is 0 Å². The Morgan fingerprint density at radius 2 is 1.86 bits per heavy atom. The van der Waals surface area contributed by atoms with Gasteiger partial charge in [-0.25, -0.2) is 13.1 Å². The van der Waals surface area contributed by atoms with E-state index in [1.165, 1.54) is 24.3 Å². The summed E-state index contributed by atoms with van der Waals surface area (Å²) in [5.41, 5.74) is -0.0403. The summed E-state index contributed by atoms with van der Waals surface area (Å²) in [6.45, 7) is 6.10. The average Bonchev–Trinajstić information content (AvgIpc) is 2.37. The molecule has 1 aromatic rings. The monoisotopic (exact) mass is 315 g/mol. The number of hydrogen-bond donors (Lipinski definition) is 2. The van der Waals surface area contributed by atoms with Gasteiger partial charge in [0.15, 0.2) is 0 Å². The minimum atomic E-state index is -3.63. The van der Waals surface area contributed by atoms with Crippen molar-refractivity contribution >= 4 is 16.0 Å². The van der Waals surface area contributed by atoms with Crippen LogP contribution in [-0.2, 0) is 26.0 Å². The lowest BCUT2D eigenvalue weighted by atomic mass is 10.1. The van der Waals surface area contributed by atoms with Gasteiger partial charge in [-0.05, 0) is 38.5 Å². The number of hydrogen-bond acceptors (Lipinski definition) is 4. The van der Waals surface area contributed by atoms with E-state index < -0.39 is 21.6 Å². The van der Waals surface area contributed by atoms with Gasteiger partial charge in [-0.15, -0.1) is 0 Å². The average molecular weight is 315 g/mol. The van der Waals surface area contributed by atoms with E-state index in [0.717, 1.165) is 0 Å². The second-order valence-corrected chi connectivity index (χ2v) is 7.00. The van der Waals surface area contributed by atoms with E-state index in [1.807, 2.05) is 6.92 Å². The number of carbonyl (C=O) groups is 1. The summed E-state index contributed by atoms with van der Waals surface area (Å²) < 4.78 is 32.2. The zero-order chi connectivity index (χ0) is 16.1. The Hall–Kier alpha value is -1.44. The number of benzene rings is 1. The van der Waals surface area contributed by atoms with Gasteiger partial charge in [0.05, 0.1) is 16.9 Å². The minimum Gasteiger partial charge on any atom is -0.481 e. The van der Waals surface area contributed by atoms with Crippen LogP contribution in [0.1, 0.15) is 26.3 Å². The van der Waals surface area contributed by atoms with Crippen LogP contribution in [0.25, 0.3) is 0 Å². The first-order chi connectivity index (χ1) is 9.66. The second-order valence-electron chi connectivity index (χ2n) is 5.23. The molecule has 1 aromatic carbocycles. The molecular weight excluding hydrogens is 294 g/mol. The van der Waals surface area contributed by atoms with Crippen LogP contribution in [0.3, 0.4) is 0 Å². The normalized spacial score (nSPS) is 12.3. The molecule has 0 aliphatic heterocycles. The highest BCUT2D eigenvalue weighted by Gasteiger charge is 2.22. The maximum absolute atomic E-state index is 12.1. The summed E-state index contributed by atoms with van der Waals surface area (Å²) in [5, 5.41) is 8.68. The number of ether oxygens (including phenoxy) is 1. The zero-order valence-electron chi connectivity index (χ0n) is 12.4. The molecule has 0 spiro atoms. The van der Waals surface area contributed by atoms with Crippen molar-refractivity contribution in [3.63, 3.8) is 0 Å². The number of nitrogens with one attached hydrogen (secondary N) is 1. The lowest BCUT2D eigenvalue weighted by Gasteiger charge is -2.24. The van der Waals surface area contributed by atoms with Crippen LogP contribution in [0.15, 0.2) is 29.2 Å². The molecule has 0 bridgehead atoms. The van der Waals surface area contributed by atoms with Crippen molar-refractivity contribution < 1.29 is 23.1 Å². The molecule has 0 radical (unpaired) electrons. The minimum absolute atomic E-state index is 0.101. The van der Waals surface area contributed by atoms with Crippen molar-refractivity contribution in [3.8, 4) is 0 Å². The maximum atomic E-state index is 12.1. The summed E-state index contributed by atoms with van der Waals surface area (Å²) in [7, 11) is -3.63. The van der Waals surface area contributed by atoms with E-state index >= 15 is 0 Å². The molecule has 1 rings (SSSR count). The number of rotatable bonds is 8. The summed E-state index contributed by atoms with van der Waals surface area (Å²) in [6.07, 6.45) is -0.134. The van der Waals surface area contributed by atoms with Gasteiger partial charge in [0, 0.05) is 13.2 Å². The Morgan fingerprint density at radius 1 is 1.29 bits per heavy atom. The molecule has 7 heteroatoms. The fraction of sp³-hybridized carbons (Fsp3) is 0.500. The molecule has 0 fully saturated rings. The van der Waals surface area contributed by atoms with Gasteiger partial charge in [-0.1, -0.05) is 12.1 Å². The fourth-order valence-corrected chi connectivity index (χ4v) is 2.95. The molecule has 21 heavy (non-hydrogen) atoms. The standard InChI is InChI=1S/C14H21NO5S/c1-4-20-14(2,3)10-15-21(18,19)12-7-5-11(6-8-12)9-13(16)17/h5-8,15H,4,9-10H2,1-3H3,(H,16,17). The van der Waals surface area contributed by atoms with Gasteiger partial charge in [0.2, 0.25) is 10.0 Å². The molecule has 0 aliphatic rings. The molecule has 0 saturated carbocycles. The molecule has 0 unspecified atom stereocenters. The van der Waals surface area contributed by atoms with E-state index in [9.17, 15) is 13.2 Å². The Labute approximate surface area is 125 Å². The Kier molecular flexibility index (Phi) is 5.88. The molecule has 6 nitrogen and oxygen atoms in total. The highest BCUT2D eigenvalue weighted by Crippen LogP contribution is 2.13. The predicted molar refractivity (Wildman–Crippen MR) is 78.7 cm³/mol. The molecule has 0 heterocycles. The first-order valence-electron chi connectivity index (χ1n) is 6.60. The molecule has 0 aromatic heterocycles. The van der Waals surface area contributed by atoms with E-state index in [4.69, 9.17) is 9.84 Å². The molecule has 118 valence electrons. The lowest BCUT2D eigenvalue weighted by Crippen LogP contribution is -2.40. The highest BCUT2D eigenvalue weighted by molar-refractivity contribution is 7.89. The first-order valence-corrected chi connectivity index (χ1v) is 8.09. The summed E-state index contributed by atoms with van der Waals surface area (Å²) in [5.74, 6) is -0.956. The van der Waals surface area contributed by atoms with Crippen molar-refractivity contribution in [3.05, 3.63) is 29.8 Å². The van der Waals surface area contributed by atoms with Gasteiger partial charge in [-0.2, -0.15) is 0 Å². The third kappa shape index (κ3) is 5.82. The molecule has 0 saturated heterocycles. The molecule has 0 atom stereocenters. The third-order valence-corrected chi connectivity index (χ3v) is 4.23. The van der Waals surface area contributed by atoms with Gasteiger partial charge >= 0.3 is 5.97 Å². The molecule has 0 amide bonds. The highest BCUT2D eigenvalue weighted by atomic mass is 32.2. The van der Waals surface area contributed by atoms with Crippen LogP contribution >= 0.6 is 0 Å². The molecule has 2 N–H and O–H groups in total. The number of carboxylic acids is 1. The maximum Gasteiger partial charge on any atom is 0.307 e. The topological polar surface area (TPSA) is 92.7 Å². The fourth-order valence-electron chi connectivity index (χ4n) is 1.75. The van der Waals surface area contributed by atoms with Crippen LogP contribution in [0.4, 0.5) is 0 Å². The number of aliphatic carboxylic acids is 1. The van der Waals surface area contributed by atoms with Crippen molar-refractivity contribution in [2.75, 3.05) is 13.2 Å².